The van der Waals surface area contributed by atoms with E-state index in [0.29, 0.717) is 26.7 Å². The summed E-state index contributed by atoms with van der Waals surface area (Å²) in [5.41, 5.74) is 4.02. The molecule has 0 N–H and O–H groups in total. The number of amides is 2. The van der Waals surface area contributed by atoms with Crippen molar-refractivity contribution in [3.05, 3.63) is 103 Å². The molecule has 4 rings (SSSR count). The lowest BCUT2D eigenvalue weighted by Gasteiger charge is -2.14. The van der Waals surface area contributed by atoms with Crippen LogP contribution in [0, 0.1) is 22.7 Å². The maximum Gasteiger partial charge on any atom is 0.261 e. The number of halogens is 3. The first-order valence-corrected chi connectivity index (χ1v) is 12.0. The molecule has 2 amide bonds. The molecule has 0 saturated carbocycles. The van der Waals surface area contributed by atoms with E-state index in [4.69, 9.17) is 10.5 Å². The van der Waals surface area contributed by atoms with Crippen LogP contribution in [0.25, 0.3) is 0 Å². The monoisotopic (exact) mass is 613 g/mol. The number of nitrogens with zero attached hydrogens (tertiary/aromatic N) is 3. The van der Waals surface area contributed by atoms with Crippen LogP contribution < -0.4 is 0 Å². The zero-order valence-electron chi connectivity index (χ0n) is 16.5. The minimum absolute atomic E-state index is 0.191. The van der Waals surface area contributed by atoms with E-state index in [0.717, 1.165) is 20.9 Å². The van der Waals surface area contributed by atoms with Crippen LogP contribution in [-0.4, -0.2) is 16.7 Å². The van der Waals surface area contributed by atoms with Crippen LogP contribution >= 0.6 is 47.8 Å². The van der Waals surface area contributed by atoms with E-state index in [1.807, 2.05) is 12.1 Å². The van der Waals surface area contributed by atoms with Crippen LogP contribution in [0.1, 0.15) is 43.0 Å². The van der Waals surface area contributed by atoms with E-state index in [2.05, 4.69) is 59.9 Å². The number of nitriles is 2. The summed E-state index contributed by atoms with van der Waals surface area (Å²) in [5, 5.41) is 18.3. The fourth-order valence-electron chi connectivity index (χ4n) is 3.05. The first-order valence-electron chi connectivity index (χ1n) is 9.27. The molecule has 0 spiro atoms. The van der Waals surface area contributed by atoms with E-state index < -0.39 is 0 Å². The zero-order chi connectivity index (χ0) is 23.3. The Hall–Kier alpha value is -2.78. The van der Waals surface area contributed by atoms with Crippen molar-refractivity contribution < 1.29 is 9.59 Å². The normalized spacial score (nSPS) is 11.8. The van der Waals surface area contributed by atoms with Gasteiger partial charge in [-0.05, 0) is 79.4 Å². The van der Waals surface area contributed by atoms with Crippen molar-refractivity contribution in [2.45, 2.75) is 11.9 Å². The van der Waals surface area contributed by atoms with Crippen molar-refractivity contribution in [3.63, 3.8) is 0 Å². The largest absolute Gasteiger partial charge is 0.270 e. The Morgan fingerprint density at radius 3 is 1.66 bits per heavy atom. The van der Waals surface area contributed by atoms with Crippen molar-refractivity contribution in [3.8, 4) is 12.1 Å². The van der Waals surface area contributed by atoms with Gasteiger partial charge in [-0.1, -0.05) is 40.2 Å². The molecule has 5 nitrogen and oxygen atoms in total. The smallest absolute Gasteiger partial charge is 0.261 e. The van der Waals surface area contributed by atoms with Gasteiger partial charge in [-0.25, -0.2) is 0 Å². The summed E-state index contributed by atoms with van der Waals surface area (Å²) < 4.78 is 1.51. The van der Waals surface area contributed by atoms with Crippen LogP contribution in [0.4, 0.5) is 0 Å². The van der Waals surface area contributed by atoms with Crippen LogP contribution in [-0.2, 0) is 11.9 Å². The summed E-state index contributed by atoms with van der Waals surface area (Å²) in [6.07, 6.45) is 0. The minimum Gasteiger partial charge on any atom is -0.270 e. The highest BCUT2D eigenvalue weighted by Gasteiger charge is 2.34. The average molecular weight is 616 g/mol. The topological polar surface area (TPSA) is 85.0 Å². The number of carbonyl (C=O) groups excluding carboxylic acids is 2. The SMILES string of the molecule is N#Cc1ccc(CBr)cc1Br.N#Cc1ccc(CN2C(=O)c3ccccc3C2=O)cc1Br. The van der Waals surface area contributed by atoms with Crippen molar-refractivity contribution in [1.29, 1.82) is 10.5 Å². The number of fused-ring (bicyclic) bond motifs is 1. The molecule has 8 heteroatoms. The summed E-state index contributed by atoms with van der Waals surface area (Å²) in [6.45, 7) is 0.191. The summed E-state index contributed by atoms with van der Waals surface area (Å²) >= 11 is 9.94. The third-order valence-corrected chi connectivity index (χ3v) is 6.64. The summed E-state index contributed by atoms with van der Waals surface area (Å²) in [5.74, 6) is -0.563. The van der Waals surface area contributed by atoms with E-state index in [1.165, 1.54) is 4.90 Å². The van der Waals surface area contributed by atoms with Gasteiger partial charge in [0.2, 0.25) is 0 Å². The molecule has 0 radical (unpaired) electrons. The summed E-state index contributed by atoms with van der Waals surface area (Å²) in [7, 11) is 0. The highest BCUT2D eigenvalue weighted by atomic mass is 79.9. The Kier molecular flexibility index (Phi) is 7.98. The lowest BCUT2D eigenvalue weighted by Crippen LogP contribution is -2.29. The van der Waals surface area contributed by atoms with E-state index in [9.17, 15) is 9.59 Å². The van der Waals surface area contributed by atoms with Crippen LogP contribution in [0.5, 0.6) is 0 Å². The van der Waals surface area contributed by atoms with Gasteiger partial charge in [-0.2, -0.15) is 10.5 Å². The number of alkyl halides is 1. The molecule has 32 heavy (non-hydrogen) atoms. The third kappa shape index (κ3) is 5.16. The van der Waals surface area contributed by atoms with Gasteiger partial charge in [0.15, 0.2) is 0 Å². The second kappa shape index (κ2) is 10.7. The molecule has 0 aromatic heterocycles. The molecule has 1 aliphatic heterocycles. The molecule has 1 heterocycles. The molecular weight excluding hydrogens is 602 g/mol. The van der Waals surface area contributed by atoms with Gasteiger partial charge in [0, 0.05) is 14.3 Å². The van der Waals surface area contributed by atoms with Crippen molar-refractivity contribution in [1.82, 2.24) is 4.90 Å². The molecule has 1 aliphatic rings. The third-order valence-electron chi connectivity index (χ3n) is 4.68. The lowest BCUT2D eigenvalue weighted by atomic mass is 10.1. The lowest BCUT2D eigenvalue weighted by molar-refractivity contribution is 0.0642. The van der Waals surface area contributed by atoms with Crippen LogP contribution in [0.15, 0.2) is 69.6 Å². The van der Waals surface area contributed by atoms with Gasteiger partial charge < -0.3 is 0 Å². The zero-order valence-corrected chi connectivity index (χ0v) is 21.2. The van der Waals surface area contributed by atoms with Crippen LogP contribution in [0.3, 0.4) is 0 Å². The Balaban J connectivity index is 0.000000222. The maximum atomic E-state index is 12.3. The predicted molar refractivity (Wildman–Crippen MR) is 131 cm³/mol. The highest BCUT2D eigenvalue weighted by Crippen LogP contribution is 2.26. The molecule has 0 aliphatic carbocycles. The Bertz CT molecular complexity index is 1260. The van der Waals surface area contributed by atoms with Crippen molar-refractivity contribution >= 4 is 59.6 Å². The number of carbonyl (C=O) groups is 2. The summed E-state index contributed by atoms with van der Waals surface area (Å²) in [6, 6.07) is 21.8. The second-order valence-electron chi connectivity index (χ2n) is 6.73. The fourth-order valence-corrected chi connectivity index (χ4v) is 4.42. The Morgan fingerprint density at radius 2 is 1.22 bits per heavy atom. The highest BCUT2D eigenvalue weighted by molar-refractivity contribution is 9.11. The average Bonchev–Trinajstić information content (AvgIpc) is 3.04. The Morgan fingerprint density at radius 1 is 0.750 bits per heavy atom. The molecule has 3 aromatic carbocycles. The molecule has 0 bridgehead atoms. The van der Waals surface area contributed by atoms with Gasteiger partial charge >= 0.3 is 0 Å². The first kappa shape index (κ1) is 23.9. The number of benzene rings is 3. The predicted octanol–water partition coefficient (Wildman–Crippen LogP) is 6.33. The molecular formula is C24H14Br3N3O2. The van der Waals surface area contributed by atoms with Gasteiger partial charge in [0.1, 0.15) is 12.1 Å². The van der Waals surface area contributed by atoms with Gasteiger partial charge in [-0.15, -0.1) is 0 Å². The number of hydrogen-bond donors (Lipinski definition) is 0. The number of rotatable bonds is 3. The minimum atomic E-state index is -0.281. The maximum absolute atomic E-state index is 12.3. The first-order chi connectivity index (χ1) is 15.4. The fraction of sp³-hybridized carbons (Fsp3) is 0.0833. The van der Waals surface area contributed by atoms with Gasteiger partial charge in [0.25, 0.3) is 11.8 Å². The molecule has 0 atom stereocenters. The van der Waals surface area contributed by atoms with E-state index >= 15 is 0 Å². The van der Waals surface area contributed by atoms with Gasteiger partial charge in [-0.3, -0.25) is 14.5 Å². The standard InChI is InChI=1S/C16H9BrN2O2.C8H5Br2N/c17-14-7-10(5-6-11(14)8-18)9-19-15(20)12-3-1-2-4-13(12)16(19)21;9-4-6-1-2-7(5-11)8(10)3-6/h1-7H,9H2;1-3H,4H2. The molecule has 0 unspecified atom stereocenters. The molecule has 0 saturated heterocycles. The number of imide groups is 1. The molecule has 3 aromatic rings. The van der Waals surface area contributed by atoms with Crippen molar-refractivity contribution in [2.24, 2.45) is 0 Å². The van der Waals surface area contributed by atoms with Crippen LogP contribution in [0.2, 0.25) is 0 Å². The molecule has 158 valence electrons. The Labute approximate surface area is 210 Å². The quantitative estimate of drug-likeness (QED) is 0.254. The molecule has 0 fully saturated rings. The number of hydrogen-bond acceptors (Lipinski definition) is 4. The summed E-state index contributed by atoms with van der Waals surface area (Å²) in [4.78, 5) is 25.7. The van der Waals surface area contributed by atoms with E-state index in [-0.39, 0.29) is 18.4 Å². The van der Waals surface area contributed by atoms with Crippen molar-refractivity contribution in [2.75, 3.05) is 0 Å². The second-order valence-corrected chi connectivity index (χ2v) is 9.00. The van der Waals surface area contributed by atoms with E-state index in [1.54, 1.807) is 48.5 Å². The van der Waals surface area contributed by atoms with Gasteiger partial charge in [0.05, 0.1) is 28.8 Å².